The van der Waals surface area contributed by atoms with Gasteiger partial charge in [-0.15, -0.1) is 10.2 Å². The van der Waals surface area contributed by atoms with Gasteiger partial charge >= 0.3 is 0 Å². The Morgan fingerprint density at radius 2 is 1.78 bits per heavy atom. The van der Waals surface area contributed by atoms with Crippen LogP contribution in [0.15, 0.2) is 30.3 Å². The summed E-state index contributed by atoms with van der Waals surface area (Å²) in [7, 11) is 0. The minimum Gasteiger partial charge on any atom is -0.396 e. The van der Waals surface area contributed by atoms with Crippen LogP contribution in [0, 0.1) is 0 Å². The Morgan fingerprint density at radius 1 is 1.00 bits per heavy atom. The van der Waals surface area contributed by atoms with Crippen LogP contribution in [0.3, 0.4) is 0 Å². The van der Waals surface area contributed by atoms with Gasteiger partial charge in [0, 0.05) is 12.2 Å². The van der Waals surface area contributed by atoms with E-state index in [1.54, 1.807) is 4.80 Å². The van der Waals surface area contributed by atoms with Gasteiger partial charge in [0.25, 0.3) is 0 Å². The van der Waals surface area contributed by atoms with Crippen molar-refractivity contribution in [3.63, 3.8) is 0 Å². The average Bonchev–Trinajstić information content (AvgIpc) is 2.88. The van der Waals surface area contributed by atoms with Gasteiger partial charge in [-0.25, -0.2) is 0 Å². The largest absolute Gasteiger partial charge is 0.396 e. The second kappa shape index (κ2) is 6.86. The van der Waals surface area contributed by atoms with Gasteiger partial charge in [0.05, 0.1) is 6.54 Å². The molecule has 0 amide bonds. The molecule has 0 atom stereocenters. The molecule has 5 nitrogen and oxygen atoms in total. The minimum absolute atomic E-state index is 0.278. The maximum atomic E-state index is 8.67. The van der Waals surface area contributed by atoms with Crippen LogP contribution in [0.5, 0.6) is 0 Å². The topological polar surface area (TPSA) is 63.8 Å². The van der Waals surface area contributed by atoms with Crippen LogP contribution in [0.1, 0.15) is 25.7 Å². The van der Waals surface area contributed by atoms with Crippen molar-refractivity contribution < 1.29 is 5.11 Å². The number of aromatic nitrogens is 4. The summed E-state index contributed by atoms with van der Waals surface area (Å²) in [6, 6.07) is 9.84. The minimum atomic E-state index is 0.278. The second-order valence-electron chi connectivity index (χ2n) is 4.21. The third-order valence-electron chi connectivity index (χ3n) is 2.75. The molecule has 96 valence electrons. The maximum Gasteiger partial charge on any atom is 0.204 e. The first-order valence-corrected chi connectivity index (χ1v) is 6.34. The zero-order valence-electron chi connectivity index (χ0n) is 10.4. The monoisotopic (exact) mass is 246 g/mol. The molecule has 0 aliphatic rings. The zero-order valence-corrected chi connectivity index (χ0v) is 10.4. The lowest BCUT2D eigenvalue weighted by Crippen LogP contribution is -2.02. The smallest absolute Gasteiger partial charge is 0.204 e. The predicted molar refractivity (Wildman–Crippen MR) is 68.8 cm³/mol. The van der Waals surface area contributed by atoms with Crippen molar-refractivity contribution in [1.29, 1.82) is 0 Å². The predicted octanol–water partition coefficient (Wildman–Crippen LogP) is 1.89. The van der Waals surface area contributed by atoms with Crippen LogP contribution in [0.4, 0.5) is 0 Å². The Balaban J connectivity index is 1.83. The van der Waals surface area contributed by atoms with Crippen LogP contribution in [-0.2, 0) is 6.54 Å². The molecule has 0 fully saturated rings. The molecule has 1 aromatic carbocycles. The molecular weight excluding hydrogens is 228 g/mol. The van der Waals surface area contributed by atoms with Crippen LogP contribution >= 0.6 is 0 Å². The van der Waals surface area contributed by atoms with E-state index in [9.17, 15) is 0 Å². The van der Waals surface area contributed by atoms with E-state index in [4.69, 9.17) is 5.11 Å². The van der Waals surface area contributed by atoms with Crippen LogP contribution in [0.2, 0.25) is 0 Å². The van der Waals surface area contributed by atoms with Crippen molar-refractivity contribution in [3.05, 3.63) is 30.3 Å². The first-order valence-electron chi connectivity index (χ1n) is 6.34. The highest BCUT2D eigenvalue weighted by atomic mass is 16.2. The molecule has 0 bridgehead atoms. The Bertz CT molecular complexity index is 455. The van der Waals surface area contributed by atoms with Gasteiger partial charge in [-0.1, -0.05) is 43.2 Å². The van der Waals surface area contributed by atoms with Gasteiger partial charge in [-0.3, -0.25) is 0 Å². The van der Waals surface area contributed by atoms with E-state index in [-0.39, 0.29) is 6.61 Å². The number of hydrogen-bond acceptors (Lipinski definition) is 4. The van der Waals surface area contributed by atoms with E-state index >= 15 is 0 Å². The van der Waals surface area contributed by atoms with Gasteiger partial charge < -0.3 is 5.11 Å². The fourth-order valence-corrected chi connectivity index (χ4v) is 1.76. The third kappa shape index (κ3) is 3.63. The van der Waals surface area contributed by atoms with Crippen LogP contribution in [-0.4, -0.2) is 31.9 Å². The Labute approximate surface area is 106 Å². The number of aliphatic hydroxyl groups is 1. The first kappa shape index (κ1) is 12.7. The highest BCUT2D eigenvalue weighted by molar-refractivity contribution is 5.52. The van der Waals surface area contributed by atoms with E-state index in [2.05, 4.69) is 15.4 Å². The molecule has 5 heteroatoms. The van der Waals surface area contributed by atoms with Gasteiger partial charge in [-0.2, -0.15) is 4.80 Å². The molecule has 2 aromatic rings. The summed E-state index contributed by atoms with van der Waals surface area (Å²) in [5.41, 5.74) is 0.990. The summed E-state index contributed by atoms with van der Waals surface area (Å²) in [6.45, 7) is 1.06. The van der Waals surface area contributed by atoms with E-state index < -0.39 is 0 Å². The molecule has 0 radical (unpaired) electrons. The molecule has 0 spiro atoms. The highest BCUT2D eigenvalue weighted by Gasteiger charge is 2.04. The number of hydrogen-bond donors (Lipinski definition) is 1. The quantitative estimate of drug-likeness (QED) is 0.758. The highest BCUT2D eigenvalue weighted by Crippen LogP contribution is 2.12. The van der Waals surface area contributed by atoms with E-state index in [0.717, 1.165) is 37.8 Å². The van der Waals surface area contributed by atoms with E-state index in [0.29, 0.717) is 5.82 Å². The average molecular weight is 246 g/mol. The molecule has 2 rings (SSSR count). The number of unbranched alkanes of at least 4 members (excludes halogenated alkanes) is 3. The second-order valence-corrected chi connectivity index (χ2v) is 4.21. The summed E-state index contributed by atoms with van der Waals surface area (Å²) in [4.78, 5) is 1.64. The summed E-state index contributed by atoms with van der Waals surface area (Å²) in [6.07, 6.45) is 4.03. The molecule has 0 aliphatic carbocycles. The lowest BCUT2D eigenvalue weighted by atomic mass is 10.2. The molecule has 1 N–H and O–H groups in total. The number of aryl methyl sites for hydroxylation is 1. The maximum absolute atomic E-state index is 8.67. The number of aliphatic hydroxyl groups excluding tert-OH is 1. The zero-order chi connectivity index (χ0) is 12.6. The van der Waals surface area contributed by atoms with Gasteiger partial charge in [0.15, 0.2) is 0 Å². The number of nitrogens with zero attached hydrogens (tertiary/aromatic N) is 4. The van der Waals surface area contributed by atoms with Crippen molar-refractivity contribution >= 4 is 0 Å². The number of benzene rings is 1. The van der Waals surface area contributed by atoms with Crippen molar-refractivity contribution in [3.8, 4) is 11.4 Å². The SMILES string of the molecule is OCCCCCCn1nnc(-c2ccccc2)n1. The third-order valence-corrected chi connectivity index (χ3v) is 2.75. The summed E-state index contributed by atoms with van der Waals surface area (Å²) >= 11 is 0. The van der Waals surface area contributed by atoms with Crippen molar-refractivity contribution in [2.75, 3.05) is 6.61 Å². The number of tetrazole rings is 1. The van der Waals surface area contributed by atoms with Crippen molar-refractivity contribution in [2.24, 2.45) is 0 Å². The van der Waals surface area contributed by atoms with Gasteiger partial charge in [0.2, 0.25) is 5.82 Å². The Kier molecular flexibility index (Phi) is 4.84. The van der Waals surface area contributed by atoms with Gasteiger partial charge in [0.1, 0.15) is 0 Å². The van der Waals surface area contributed by atoms with Crippen LogP contribution in [0.25, 0.3) is 11.4 Å². The summed E-state index contributed by atoms with van der Waals surface area (Å²) < 4.78 is 0. The van der Waals surface area contributed by atoms with Crippen molar-refractivity contribution in [1.82, 2.24) is 20.2 Å². The van der Waals surface area contributed by atoms with E-state index in [1.165, 1.54) is 0 Å². The molecular formula is C13H18N4O. The fraction of sp³-hybridized carbons (Fsp3) is 0.462. The Hall–Kier alpha value is -1.75. The standard InChI is InChI=1S/C13H18N4O/c18-11-7-2-1-6-10-17-15-13(14-16-17)12-8-4-3-5-9-12/h3-5,8-9,18H,1-2,6-7,10-11H2. The molecule has 1 heterocycles. The normalized spacial score (nSPS) is 10.7. The van der Waals surface area contributed by atoms with Crippen molar-refractivity contribution in [2.45, 2.75) is 32.2 Å². The number of rotatable bonds is 7. The molecule has 0 saturated heterocycles. The Morgan fingerprint density at radius 3 is 2.56 bits per heavy atom. The molecule has 0 saturated carbocycles. The lowest BCUT2D eigenvalue weighted by Gasteiger charge is -1.98. The molecule has 1 aromatic heterocycles. The van der Waals surface area contributed by atoms with E-state index in [1.807, 2.05) is 30.3 Å². The fourth-order valence-electron chi connectivity index (χ4n) is 1.76. The lowest BCUT2D eigenvalue weighted by molar-refractivity contribution is 0.281. The molecule has 0 unspecified atom stereocenters. The summed E-state index contributed by atoms with van der Waals surface area (Å²) in [5.74, 6) is 0.672. The van der Waals surface area contributed by atoms with Gasteiger partial charge in [-0.05, 0) is 18.1 Å². The molecule has 0 aliphatic heterocycles. The van der Waals surface area contributed by atoms with Crippen LogP contribution < -0.4 is 0 Å². The molecule has 18 heavy (non-hydrogen) atoms. The first-order chi connectivity index (χ1) is 8.90. The summed E-state index contributed by atoms with van der Waals surface area (Å²) in [5, 5.41) is 21.1.